The predicted molar refractivity (Wildman–Crippen MR) is 77.4 cm³/mol. The number of furan rings is 1. The van der Waals surface area contributed by atoms with Crippen molar-refractivity contribution in [3.63, 3.8) is 0 Å². The molecule has 1 heterocycles. The van der Waals surface area contributed by atoms with Gasteiger partial charge in [-0.3, -0.25) is 4.79 Å². The standard InChI is InChI=1S/C16H17NO4/c1-10-6-7-11(2)14(16(19)20)13(10)15(18)17(3)9-12-5-4-8-21-12/h4-8H,9H2,1-3H3,(H,19,20). The molecule has 2 aromatic rings. The second kappa shape index (κ2) is 5.83. The Morgan fingerprint density at radius 1 is 1.14 bits per heavy atom. The maximum Gasteiger partial charge on any atom is 0.336 e. The maximum absolute atomic E-state index is 12.6. The van der Waals surface area contributed by atoms with E-state index in [1.165, 1.54) is 11.2 Å². The molecule has 5 nitrogen and oxygen atoms in total. The number of rotatable bonds is 4. The van der Waals surface area contributed by atoms with Gasteiger partial charge in [0.15, 0.2) is 0 Å². The van der Waals surface area contributed by atoms with Crippen molar-refractivity contribution in [1.29, 1.82) is 0 Å². The summed E-state index contributed by atoms with van der Waals surface area (Å²) in [7, 11) is 1.62. The predicted octanol–water partition coefficient (Wildman–Crippen LogP) is 2.87. The van der Waals surface area contributed by atoms with Crippen molar-refractivity contribution in [2.45, 2.75) is 20.4 Å². The Hall–Kier alpha value is -2.56. The molecule has 21 heavy (non-hydrogen) atoms. The molecule has 0 fully saturated rings. The molecule has 0 radical (unpaired) electrons. The zero-order valence-electron chi connectivity index (χ0n) is 12.2. The minimum absolute atomic E-state index is 0.0614. The SMILES string of the molecule is Cc1ccc(C)c(C(=O)N(C)Cc2ccco2)c1C(=O)O. The number of carbonyl (C=O) groups excluding carboxylic acids is 1. The minimum Gasteiger partial charge on any atom is -0.478 e. The number of carbonyl (C=O) groups is 2. The van der Waals surface area contributed by atoms with E-state index in [-0.39, 0.29) is 23.6 Å². The van der Waals surface area contributed by atoms with E-state index in [1.54, 1.807) is 45.2 Å². The molecule has 0 atom stereocenters. The molecule has 110 valence electrons. The second-order valence-corrected chi connectivity index (χ2v) is 5.00. The topological polar surface area (TPSA) is 70.8 Å². The van der Waals surface area contributed by atoms with Gasteiger partial charge in [0.2, 0.25) is 0 Å². The lowest BCUT2D eigenvalue weighted by Crippen LogP contribution is -2.29. The first kappa shape index (κ1) is 14.8. The molecule has 1 N–H and O–H groups in total. The third-order valence-corrected chi connectivity index (χ3v) is 3.37. The second-order valence-electron chi connectivity index (χ2n) is 5.00. The number of aryl methyl sites for hydroxylation is 2. The molecule has 0 saturated heterocycles. The Labute approximate surface area is 122 Å². The molecule has 1 aromatic heterocycles. The minimum atomic E-state index is -1.09. The van der Waals surface area contributed by atoms with Crippen LogP contribution in [0.15, 0.2) is 34.9 Å². The van der Waals surface area contributed by atoms with Crippen LogP contribution in [-0.2, 0) is 6.54 Å². The van der Waals surface area contributed by atoms with Gasteiger partial charge in [0.1, 0.15) is 5.76 Å². The molecule has 0 saturated carbocycles. The molecule has 0 spiro atoms. The Kier molecular flexibility index (Phi) is 4.12. The van der Waals surface area contributed by atoms with Crippen molar-refractivity contribution < 1.29 is 19.1 Å². The number of carboxylic acids is 1. The van der Waals surface area contributed by atoms with Crippen molar-refractivity contribution in [1.82, 2.24) is 4.90 Å². The highest BCUT2D eigenvalue weighted by atomic mass is 16.4. The third kappa shape index (κ3) is 2.97. The molecule has 0 aliphatic rings. The lowest BCUT2D eigenvalue weighted by Gasteiger charge is -2.19. The van der Waals surface area contributed by atoms with Gasteiger partial charge in [-0.15, -0.1) is 0 Å². The van der Waals surface area contributed by atoms with Gasteiger partial charge in [-0.2, -0.15) is 0 Å². The summed E-state index contributed by atoms with van der Waals surface area (Å²) in [5.41, 5.74) is 1.51. The van der Waals surface area contributed by atoms with Gasteiger partial charge in [0, 0.05) is 7.05 Å². The smallest absolute Gasteiger partial charge is 0.336 e. The molecule has 0 bridgehead atoms. The number of hydrogen-bond acceptors (Lipinski definition) is 3. The first-order valence-corrected chi connectivity index (χ1v) is 6.53. The summed E-state index contributed by atoms with van der Waals surface area (Å²) >= 11 is 0. The van der Waals surface area contributed by atoms with Crippen LogP contribution in [0.1, 0.15) is 37.6 Å². The number of hydrogen-bond donors (Lipinski definition) is 1. The number of carboxylic acid groups (broad SMARTS) is 1. The summed E-state index contributed by atoms with van der Waals surface area (Å²) in [6.45, 7) is 3.71. The Bertz CT molecular complexity index is 674. The molecule has 1 amide bonds. The Morgan fingerprint density at radius 2 is 1.76 bits per heavy atom. The summed E-state index contributed by atoms with van der Waals surface area (Å²) in [5, 5.41) is 9.37. The normalized spacial score (nSPS) is 10.4. The summed E-state index contributed by atoms with van der Waals surface area (Å²) in [6.07, 6.45) is 1.54. The summed E-state index contributed by atoms with van der Waals surface area (Å²) in [6, 6.07) is 6.98. The molecule has 0 aliphatic heterocycles. The quantitative estimate of drug-likeness (QED) is 0.938. The van der Waals surface area contributed by atoms with Gasteiger partial charge in [0.05, 0.1) is 23.9 Å². The van der Waals surface area contributed by atoms with Crippen LogP contribution in [-0.4, -0.2) is 28.9 Å². The highest BCUT2D eigenvalue weighted by Crippen LogP contribution is 2.21. The van der Waals surface area contributed by atoms with E-state index in [9.17, 15) is 14.7 Å². The molecular weight excluding hydrogens is 270 g/mol. The van der Waals surface area contributed by atoms with Crippen LogP contribution in [0.2, 0.25) is 0 Å². The average molecular weight is 287 g/mol. The summed E-state index contributed by atoms with van der Waals surface area (Å²) in [5.74, 6) is -0.774. The van der Waals surface area contributed by atoms with E-state index in [4.69, 9.17) is 4.42 Å². The van der Waals surface area contributed by atoms with E-state index in [1.807, 2.05) is 0 Å². The van der Waals surface area contributed by atoms with Gasteiger partial charge in [0.25, 0.3) is 5.91 Å². The monoisotopic (exact) mass is 287 g/mol. The Balaban J connectivity index is 2.38. The lowest BCUT2D eigenvalue weighted by atomic mass is 9.96. The van der Waals surface area contributed by atoms with Gasteiger partial charge >= 0.3 is 5.97 Å². The molecule has 2 rings (SSSR count). The van der Waals surface area contributed by atoms with Gasteiger partial charge in [-0.05, 0) is 37.1 Å². The zero-order chi connectivity index (χ0) is 15.6. The Morgan fingerprint density at radius 3 is 2.29 bits per heavy atom. The van der Waals surface area contributed by atoms with E-state index >= 15 is 0 Å². The van der Waals surface area contributed by atoms with E-state index < -0.39 is 5.97 Å². The fraction of sp³-hybridized carbons (Fsp3) is 0.250. The van der Waals surface area contributed by atoms with Crippen molar-refractivity contribution in [3.05, 3.63) is 58.5 Å². The van der Waals surface area contributed by atoms with Crippen LogP contribution < -0.4 is 0 Å². The summed E-state index contributed by atoms with van der Waals surface area (Å²) < 4.78 is 5.21. The van der Waals surface area contributed by atoms with Gasteiger partial charge in [-0.25, -0.2) is 4.79 Å². The number of aromatic carboxylic acids is 1. The van der Waals surface area contributed by atoms with Crippen LogP contribution in [0.4, 0.5) is 0 Å². The number of benzene rings is 1. The largest absolute Gasteiger partial charge is 0.478 e. The first-order valence-electron chi connectivity index (χ1n) is 6.53. The van der Waals surface area contributed by atoms with Crippen molar-refractivity contribution in [3.8, 4) is 0 Å². The van der Waals surface area contributed by atoms with Gasteiger partial charge < -0.3 is 14.4 Å². The van der Waals surface area contributed by atoms with Crippen LogP contribution in [0, 0.1) is 13.8 Å². The fourth-order valence-electron chi connectivity index (χ4n) is 2.26. The fourth-order valence-corrected chi connectivity index (χ4v) is 2.26. The molecular formula is C16H17NO4. The van der Waals surface area contributed by atoms with Gasteiger partial charge in [-0.1, -0.05) is 12.1 Å². The van der Waals surface area contributed by atoms with Crippen LogP contribution >= 0.6 is 0 Å². The van der Waals surface area contributed by atoms with Crippen LogP contribution in [0.25, 0.3) is 0 Å². The molecule has 0 unspecified atom stereocenters. The zero-order valence-corrected chi connectivity index (χ0v) is 12.2. The van der Waals surface area contributed by atoms with Crippen molar-refractivity contribution in [2.24, 2.45) is 0 Å². The third-order valence-electron chi connectivity index (χ3n) is 3.37. The maximum atomic E-state index is 12.6. The van der Waals surface area contributed by atoms with Crippen molar-refractivity contribution in [2.75, 3.05) is 7.05 Å². The summed E-state index contributed by atoms with van der Waals surface area (Å²) in [4.78, 5) is 25.5. The van der Waals surface area contributed by atoms with Crippen LogP contribution in [0.3, 0.4) is 0 Å². The number of nitrogens with zero attached hydrogens (tertiary/aromatic N) is 1. The highest BCUT2D eigenvalue weighted by Gasteiger charge is 2.24. The first-order chi connectivity index (χ1) is 9.91. The lowest BCUT2D eigenvalue weighted by molar-refractivity contribution is 0.0678. The van der Waals surface area contributed by atoms with E-state index in [0.29, 0.717) is 16.9 Å². The van der Waals surface area contributed by atoms with Crippen LogP contribution in [0.5, 0.6) is 0 Å². The van der Waals surface area contributed by atoms with Crippen molar-refractivity contribution >= 4 is 11.9 Å². The molecule has 1 aromatic carbocycles. The van der Waals surface area contributed by atoms with E-state index in [2.05, 4.69) is 0 Å². The molecule has 0 aliphatic carbocycles. The molecule has 5 heteroatoms. The highest BCUT2D eigenvalue weighted by molar-refractivity contribution is 6.06. The number of amides is 1. The van der Waals surface area contributed by atoms with E-state index in [0.717, 1.165) is 0 Å². The average Bonchev–Trinajstić information content (AvgIpc) is 2.92.